The lowest BCUT2D eigenvalue weighted by Crippen LogP contribution is -2.35. The Morgan fingerprint density at radius 2 is 1.73 bits per heavy atom. The fourth-order valence-electron chi connectivity index (χ4n) is 3.89. The summed E-state index contributed by atoms with van der Waals surface area (Å²) in [6.07, 6.45) is 3.01. The van der Waals surface area contributed by atoms with E-state index >= 15 is 0 Å². The molecule has 154 valence electrons. The van der Waals surface area contributed by atoms with Crippen LogP contribution in [0.15, 0.2) is 48.5 Å². The molecule has 2 aromatic carbocycles. The lowest BCUT2D eigenvalue weighted by Gasteiger charge is -2.21. The van der Waals surface area contributed by atoms with Gasteiger partial charge in [0.2, 0.25) is 5.91 Å². The summed E-state index contributed by atoms with van der Waals surface area (Å²) in [4.78, 5) is 11.7. The fraction of sp³-hybridized carbons (Fsp3) is 0.292. The standard InChI is InChI=1S/C24H26N4O2/c1-24(2,23(25)29)15-11-13-16(14-12-15)26-22-18-9-6-8-17(18)21(27-28-22)19-7-4-5-10-20(19)30-3/h4-5,7,10-14H,6,8-9H2,1-3H3,(H2,25,29)(H,26,28). The highest BCUT2D eigenvalue weighted by Crippen LogP contribution is 2.38. The SMILES string of the molecule is COc1ccccc1-c1nnc(Nc2ccc(C(C)(C)C(N)=O)cc2)c2c1CCC2. The lowest BCUT2D eigenvalue weighted by atomic mass is 9.84. The number of primary amides is 1. The van der Waals surface area contributed by atoms with Crippen molar-refractivity contribution in [2.75, 3.05) is 12.4 Å². The van der Waals surface area contributed by atoms with Crippen LogP contribution in [0.2, 0.25) is 0 Å². The monoisotopic (exact) mass is 402 g/mol. The summed E-state index contributed by atoms with van der Waals surface area (Å²) >= 11 is 0. The first-order chi connectivity index (χ1) is 14.4. The van der Waals surface area contributed by atoms with Crippen molar-refractivity contribution < 1.29 is 9.53 Å². The molecule has 1 aromatic heterocycles. The molecular weight excluding hydrogens is 376 g/mol. The zero-order valence-corrected chi connectivity index (χ0v) is 17.5. The van der Waals surface area contributed by atoms with E-state index in [0.29, 0.717) is 0 Å². The third kappa shape index (κ3) is 3.49. The van der Waals surface area contributed by atoms with E-state index in [1.54, 1.807) is 7.11 Å². The molecule has 0 radical (unpaired) electrons. The number of carbonyl (C=O) groups is 1. The third-order valence-electron chi connectivity index (χ3n) is 5.89. The van der Waals surface area contributed by atoms with E-state index in [4.69, 9.17) is 10.5 Å². The number of rotatable bonds is 6. The maximum atomic E-state index is 11.7. The molecule has 0 bridgehead atoms. The second-order valence-corrected chi connectivity index (χ2v) is 8.10. The molecule has 6 nitrogen and oxygen atoms in total. The Morgan fingerprint density at radius 1 is 1.03 bits per heavy atom. The molecule has 3 aromatic rings. The molecule has 0 atom stereocenters. The van der Waals surface area contributed by atoms with Gasteiger partial charge in [0.05, 0.1) is 12.5 Å². The average molecular weight is 402 g/mol. The molecule has 0 saturated heterocycles. The van der Waals surface area contributed by atoms with Gasteiger partial charge < -0.3 is 15.8 Å². The zero-order chi connectivity index (χ0) is 21.3. The van der Waals surface area contributed by atoms with Crippen LogP contribution in [0.4, 0.5) is 11.5 Å². The largest absolute Gasteiger partial charge is 0.496 e. The molecule has 0 spiro atoms. The van der Waals surface area contributed by atoms with Crippen LogP contribution >= 0.6 is 0 Å². The average Bonchev–Trinajstić information content (AvgIpc) is 3.25. The number of ether oxygens (including phenoxy) is 1. The number of nitrogens with one attached hydrogen (secondary N) is 1. The first-order valence-electron chi connectivity index (χ1n) is 10.1. The van der Waals surface area contributed by atoms with Crippen molar-refractivity contribution >= 4 is 17.4 Å². The highest BCUT2D eigenvalue weighted by Gasteiger charge is 2.27. The van der Waals surface area contributed by atoms with Crippen molar-refractivity contribution in [3.8, 4) is 17.0 Å². The summed E-state index contributed by atoms with van der Waals surface area (Å²) in [6, 6.07) is 15.6. The number of methoxy groups -OCH3 is 1. The van der Waals surface area contributed by atoms with Crippen molar-refractivity contribution in [1.29, 1.82) is 0 Å². The van der Waals surface area contributed by atoms with Crippen molar-refractivity contribution in [3.63, 3.8) is 0 Å². The minimum Gasteiger partial charge on any atom is -0.496 e. The maximum Gasteiger partial charge on any atom is 0.227 e. The van der Waals surface area contributed by atoms with Crippen LogP contribution in [0.25, 0.3) is 11.3 Å². The number of nitrogens with zero attached hydrogens (tertiary/aromatic N) is 2. The fourth-order valence-corrected chi connectivity index (χ4v) is 3.89. The maximum absolute atomic E-state index is 11.7. The Labute approximate surface area is 176 Å². The van der Waals surface area contributed by atoms with Crippen LogP contribution in [0.5, 0.6) is 5.75 Å². The Kier molecular flexibility index (Phi) is 5.16. The number of carbonyl (C=O) groups excluding carboxylic acids is 1. The summed E-state index contributed by atoms with van der Waals surface area (Å²) in [5, 5.41) is 12.5. The minimum absolute atomic E-state index is 0.348. The molecule has 30 heavy (non-hydrogen) atoms. The number of hydrogen-bond acceptors (Lipinski definition) is 5. The van der Waals surface area contributed by atoms with Crippen LogP contribution < -0.4 is 15.8 Å². The van der Waals surface area contributed by atoms with E-state index in [9.17, 15) is 4.79 Å². The summed E-state index contributed by atoms with van der Waals surface area (Å²) < 4.78 is 5.52. The van der Waals surface area contributed by atoms with Gasteiger partial charge in [0.1, 0.15) is 11.4 Å². The van der Waals surface area contributed by atoms with E-state index in [0.717, 1.165) is 53.3 Å². The summed E-state index contributed by atoms with van der Waals surface area (Å²) in [7, 11) is 1.67. The Hall–Kier alpha value is -3.41. The minimum atomic E-state index is -0.712. The van der Waals surface area contributed by atoms with E-state index in [2.05, 4.69) is 15.5 Å². The number of anilines is 2. The number of aromatic nitrogens is 2. The van der Waals surface area contributed by atoms with E-state index in [1.807, 2.05) is 62.4 Å². The van der Waals surface area contributed by atoms with Gasteiger partial charge in [-0.25, -0.2) is 0 Å². The smallest absolute Gasteiger partial charge is 0.227 e. The lowest BCUT2D eigenvalue weighted by molar-refractivity contribution is -0.122. The van der Waals surface area contributed by atoms with Crippen LogP contribution in [-0.2, 0) is 23.1 Å². The van der Waals surface area contributed by atoms with Crippen molar-refractivity contribution in [3.05, 3.63) is 65.2 Å². The second-order valence-electron chi connectivity index (χ2n) is 8.10. The van der Waals surface area contributed by atoms with Gasteiger partial charge in [0.25, 0.3) is 0 Å². The van der Waals surface area contributed by atoms with Gasteiger partial charge >= 0.3 is 0 Å². The zero-order valence-electron chi connectivity index (χ0n) is 17.5. The Balaban J connectivity index is 1.66. The summed E-state index contributed by atoms with van der Waals surface area (Å²) in [5.74, 6) is 1.23. The predicted octanol–water partition coefficient (Wildman–Crippen LogP) is 4.15. The molecule has 0 saturated carbocycles. The van der Waals surface area contributed by atoms with Crippen LogP contribution in [0.1, 0.15) is 37.0 Å². The number of amides is 1. The second kappa shape index (κ2) is 7.78. The molecule has 1 amide bonds. The summed E-state index contributed by atoms with van der Waals surface area (Å²) in [6.45, 7) is 3.65. The van der Waals surface area contributed by atoms with Crippen molar-refractivity contribution in [1.82, 2.24) is 10.2 Å². The number of para-hydroxylation sites is 1. The van der Waals surface area contributed by atoms with Gasteiger partial charge in [0, 0.05) is 16.8 Å². The third-order valence-corrected chi connectivity index (χ3v) is 5.89. The molecule has 0 unspecified atom stereocenters. The van der Waals surface area contributed by atoms with Crippen LogP contribution in [-0.4, -0.2) is 23.2 Å². The van der Waals surface area contributed by atoms with E-state index < -0.39 is 5.41 Å². The number of hydrogen-bond donors (Lipinski definition) is 2. The topological polar surface area (TPSA) is 90.1 Å². The molecular formula is C24H26N4O2. The molecule has 1 aliphatic carbocycles. The normalized spacial score (nSPS) is 13.0. The first-order valence-corrected chi connectivity index (χ1v) is 10.1. The van der Waals surface area contributed by atoms with Gasteiger partial charge in [-0.15, -0.1) is 10.2 Å². The van der Waals surface area contributed by atoms with Crippen LogP contribution in [0.3, 0.4) is 0 Å². The number of nitrogens with two attached hydrogens (primary N) is 1. The van der Waals surface area contributed by atoms with E-state index in [1.165, 1.54) is 11.1 Å². The predicted molar refractivity (Wildman–Crippen MR) is 118 cm³/mol. The van der Waals surface area contributed by atoms with E-state index in [-0.39, 0.29) is 5.91 Å². The van der Waals surface area contributed by atoms with Gasteiger partial charge in [-0.05, 0) is 68.5 Å². The molecule has 0 fully saturated rings. The van der Waals surface area contributed by atoms with Gasteiger partial charge in [-0.1, -0.05) is 24.3 Å². The molecule has 4 rings (SSSR count). The number of fused-ring (bicyclic) bond motifs is 1. The van der Waals surface area contributed by atoms with Crippen molar-refractivity contribution in [2.24, 2.45) is 5.73 Å². The quantitative estimate of drug-likeness (QED) is 0.646. The number of benzene rings is 2. The van der Waals surface area contributed by atoms with Gasteiger partial charge in [0.15, 0.2) is 5.82 Å². The molecule has 1 aliphatic rings. The molecule has 6 heteroatoms. The molecule has 3 N–H and O–H groups in total. The molecule has 1 heterocycles. The summed E-state index contributed by atoms with van der Waals surface area (Å²) in [5.41, 5.74) is 10.9. The van der Waals surface area contributed by atoms with Gasteiger partial charge in [-0.3, -0.25) is 4.79 Å². The van der Waals surface area contributed by atoms with Crippen molar-refractivity contribution in [2.45, 2.75) is 38.5 Å². The first kappa shape index (κ1) is 19.9. The highest BCUT2D eigenvalue weighted by molar-refractivity contribution is 5.86. The highest BCUT2D eigenvalue weighted by atomic mass is 16.5. The Bertz CT molecular complexity index is 1090. The Morgan fingerprint density at radius 3 is 2.43 bits per heavy atom. The van der Waals surface area contributed by atoms with Crippen LogP contribution in [0, 0.1) is 0 Å². The van der Waals surface area contributed by atoms with Gasteiger partial charge in [-0.2, -0.15) is 0 Å². The molecule has 0 aliphatic heterocycles.